The van der Waals surface area contributed by atoms with E-state index < -0.39 is 5.97 Å². The zero-order valence-corrected chi connectivity index (χ0v) is 11.0. The maximum atomic E-state index is 11.1. The van der Waals surface area contributed by atoms with Crippen LogP contribution < -0.4 is 4.74 Å². The number of esters is 1. The van der Waals surface area contributed by atoms with Crippen LogP contribution in [0.25, 0.3) is 5.57 Å². The van der Waals surface area contributed by atoms with Gasteiger partial charge in [-0.15, -0.1) is 0 Å². The van der Waals surface area contributed by atoms with Crippen LogP contribution in [0.1, 0.15) is 24.8 Å². The lowest BCUT2D eigenvalue weighted by Gasteiger charge is -2.12. The third-order valence-electron chi connectivity index (χ3n) is 2.90. The molecule has 18 heavy (non-hydrogen) atoms. The first-order chi connectivity index (χ1) is 8.70. The van der Waals surface area contributed by atoms with Crippen LogP contribution in [0.15, 0.2) is 24.3 Å². The lowest BCUT2D eigenvalue weighted by molar-refractivity contribution is -0.142. The van der Waals surface area contributed by atoms with E-state index in [9.17, 15) is 4.79 Å². The van der Waals surface area contributed by atoms with Crippen LogP contribution in [0, 0.1) is 0 Å². The first-order valence-electron chi connectivity index (χ1n) is 5.89. The summed E-state index contributed by atoms with van der Waals surface area (Å²) in [6, 6.07) is 5.43. The van der Waals surface area contributed by atoms with Gasteiger partial charge in [0.2, 0.25) is 0 Å². The van der Waals surface area contributed by atoms with Gasteiger partial charge in [0.25, 0.3) is 0 Å². The second kappa shape index (κ2) is 5.91. The van der Waals surface area contributed by atoms with Crippen molar-refractivity contribution in [3.05, 3.63) is 34.9 Å². The number of methoxy groups -OCH3 is 1. The van der Waals surface area contributed by atoms with E-state index in [0.717, 1.165) is 24.8 Å². The van der Waals surface area contributed by atoms with E-state index in [-0.39, 0.29) is 6.61 Å². The smallest absolute Gasteiger partial charge is 0.343 e. The molecule has 1 aliphatic carbocycles. The Labute approximate surface area is 111 Å². The summed E-state index contributed by atoms with van der Waals surface area (Å²) in [5.74, 6) is 0.286. The summed E-state index contributed by atoms with van der Waals surface area (Å²) in [4.78, 5) is 11.1. The van der Waals surface area contributed by atoms with Crippen LogP contribution in [-0.4, -0.2) is 19.7 Å². The normalized spacial score (nSPS) is 14.2. The molecule has 1 aromatic carbocycles. The summed E-state index contributed by atoms with van der Waals surface area (Å²) in [5.41, 5.74) is 2.21. The summed E-state index contributed by atoms with van der Waals surface area (Å²) in [5, 5.41) is 0.670. The Kier molecular flexibility index (Phi) is 4.26. The van der Waals surface area contributed by atoms with Crippen molar-refractivity contribution in [2.45, 2.75) is 19.3 Å². The molecule has 0 fully saturated rings. The molecule has 0 saturated carbocycles. The number of halogens is 1. The Morgan fingerprint density at radius 3 is 2.94 bits per heavy atom. The molecule has 0 unspecified atom stereocenters. The maximum Gasteiger partial charge on any atom is 0.343 e. The van der Waals surface area contributed by atoms with Gasteiger partial charge >= 0.3 is 5.97 Å². The Hall–Kier alpha value is -1.48. The first kappa shape index (κ1) is 13.0. The lowest BCUT2D eigenvalue weighted by Crippen LogP contribution is -2.13. The van der Waals surface area contributed by atoms with Crippen molar-refractivity contribution in [2.24, 2.45) is 0 Å². The highest BCUT2D eigenvalue weighted by atomic mass is 35.5. The van der Waals surface area contributed by atoms with Gasteiger partial charge in [0.15, 0.2) is 6.61 Å². The van der Waals surface area contributed by atoms with Crippen LogP contribution in [0.3, 0.4) is 0 Å². The van der Waals surface area contributed by atoms with Gasteiger partial charge in [-0.25, -0.2) is 4.79 Å². The average Bonchev–Trinajstić information content (AvgIpc) is 2.90. The quantitative estimate of drug-likeness (QED) is 0.783. The average molecular weight is 267 g/mol. The number of ether oxygens (including phenoxy) is 2. The molecule has 0 saturated heterocycles. The molecular weight excluding hydrogens is 252 g/mol. The van der Waals surface area contributed by atoms with Gasteiger partial charge in [-0.3, -0.25) is 0 Å². The summed E-state index contributed by atoms with van der Waals surface area (Å²) in [7, 11) is 1.34. The second-order valence-corrected chi connectivity index (χ2v) is 4.56. The Morgan fingerprint density at radius 1 is 1.44 bits per heavy atom. The molecule has 2 rings (SSSR count). The van der Waals surface area contributed by atoms with Crippen molar-refractivity contribution < 1.29 is 14.3 Å². The highest BCUT2D eigenvalue weighted by Gasteiger charge is 2.14. The van der Waals surface area contributed by atoms with Crippen molar-refractivity contribution in [2.75, 3.05) is 13.7 Å². The van der Waals surface area contributed by atoms with Gasteiger partial charge in [-0.1, -0.05) is 17.7 Å². The van der Waals surface area contributed by atoms with Crippen molar-refractivity contribution in [3.63, 3.8) is 0 Å². The molecule has 0 aliphatic heterocycles. The van der Waals surface area contributed by atoms with E-state index in [1.165, 1.54) is 12.7 Å². The van der Waals surface area contributed by atoms with Gasteiger partial charge in [0.1, 0.15) is 5.75 Å². The number of rotatable bonds is 4. The molecular formula is C14H15ClO3. The summed E-state index contributed by atoms with van der Waals surface area (Å²) < 4.78 is 10.0. The largest absolute Gasteiger partial charge is 0.481 e. The van der Waals surface area contributed by atoms with Gasteiger partial charge < -0.3 is 9.47 Å². The van der Waals surface area contributed by atoms with Gasteiger partial charge in [0.05, 0.1) is 7.11 Å². The van der Waals surface area contributed by atoms with E-state index in [1.807, 2.05) is 6.07 Å². The summed E-state index contributed by atoms with van der Waals surface area (Å²) in [6.45, 7) is -0.0849. The van der Waals surface area contributed by atoms with Crippen molar-refractivity contribution in [1.82, 2.24) is 0 Å². The molecule has 0 radical (unpaired) electrons. The molecule has 0 heterocycles. The maximum absolute atomic E-state index is 11.1. The zero-order chi connectivity index (χ0) is 13.0. The van der Waals surface area contributed by atoms with Crippen molar-refractivity contribution in [3.8, 4) is 5.75 Å². The summed E-state index contributed by atoms with van der Waals surface area (Å²) >= 11 is 6.01. The van der Waals surface area contributed by atoms with Gasteiger partial charge in [0, 0.05) is 10.6 Å². The molecule has 0 aromatic heterocycles. The minimum Gasteiger partial charge on any atom is -0.481 e. The molecule has 0 N–H and O–H groups in total. The Balaban J connectivity index is 2.20. The fraction of sp³-hybridized carbons (Fsp3) is 0.357. The van der Waals surface area contributed by atoms with Crippen LogP contribution in [0.4, 0.5) is 0 Å². The number of hydrogen-bond donors (Lipinski definition) is 0. The van der Waals surface area contributed by atoms with Crippen molar-refractivity contribution >= 4 is 23.1 Å². The zero-order valence-electron chi connectivity index (χ0n) is 10.2. The minimum atomic E-state index is -0.392. The topological polar surface area (TPSA) is 35.5 Å². The van der Waals surface area contributed by atoms with Crippen LogP contribution in [0.2, 0.25) is 5.02 Å². The molecule has 4 heteroatoms. The first-order valence-corrected chi connectivity index (χ1v) is 6.27. The monoisotopic (exact) mass is 266 g/mol. The SMILES string of the molecule is COC(=O)COc1ccc(Cl)cc1C1=CCCC1. The number of carbonyl (C=O) groups is 1. The van der Waals surface area contributed by atoms with Gasteiger partial charge in [-0.2, -0.15) is 0 Å². The predicted molar refractivity (Wildman–Crippen MR) is 70.8 cm³/mol. The fourth-order valence-corrected chi connectivity index (χ4v) is 2.16. The Bertz CT molecular complexity index is 480. The molecule has 3 nitrogen and oxygen atoms in total. The number of allylic oxidation sites excluding steroid dienone is 2. The Morgan fingerprint density at radius 2 is 2.28 bits per heavy atom. The molecule has 0 atom stereocenters. The third-order valence-corrected chi connectivity index (χ3v) is 3.14. The van der Waals surface area contributed by atoms with E-state index >= 15 is 0 Å². The molecule has 0 amide bonds. The molecule has 0 bridgehead atoms. The van der Waals surface area contributed by atoms with E-state index in [4.69, 9.17) is 16.3 Å². The minimum absolute atomic E-state index is 0.0849. The molecule has 0 spiro atoms. The molecule has 1 aliphatic rings. The number of benzene rings is 1. The van der Waals surface area contributed by atoms with Crippen molar-refractivity contribution in [1.29, 1.82) is 0 Å². The van der Waals surface area contributed by atoms with E-state index in [1.54, 1.807) is 12.1 Å². The molecule has 1 aromatic rings. The highest BCUT2D eigenvalue weighted by molar-refractivity contribution is 6.30. The third kappa shape index (κ3) is 3.05. The highest BCUT2D eigenvalue weighted by Crippen LogP contribution is 2.35. The lowest BCUT2D eigenvalue weighted by atomic mass is 10.0. The van der Waals surface area contributed by atoms with Gasteiger partial charge in [-0.05, 0) is 43.0 Å². The fourth-order valence-electron chi connectivity index (χ4n) is 1.99. The number of hydrogen-bond acceptors (Lipinski definition) is 3. The van der Waals surface area contributed by atoms with Crippen LogP contribution in [0.5, 0.6) is 5.75 Å². The summed E-state index contributed by atoms with van der Waals surface area (Å²) in [6.07, 6.45) is 5.45. The van der Waals surface area contributed by atoms with E-state index in [0.29, 0.717) is 10.8 Å². The van der Waals surface area contributed by atoms with Crippen LogP contribution in [-0.2, 0) is 9.53 Å². The molecule has 96 valence electrons. The van der Waals surface area contributed by atoms with Crippen LogP contribution >= 0.6 is 11.6 Å². The predicted octanol–water partition coefficient (Wildman–Crippen LogP) is 3.46. The number of carbonyl (C=O) groups excluding carboxylic acids is 1. The second-order valence-electron chi connectivity index (χ2n) is 4.13. The van der Waals surface area contributed by atoms with E-state index in [2.05, 4.69) is 10.8 Å². The standard InChI is InChI=1S/C14H15ClO3/c1-17-14(16)9-18-13-7-6-11(15)8-12(13)10-4-2-3-5-10/h4,6-8H,2-3,5,9H2,1H3.